The van der Waals surface area contributed by atoms with Gasteiger partial charge >= 0.3 is 0 Å². The molecule has 0 saturated heterocycles. The number of pyridine rings is 2. The van der Waals surface area contributed by atoms with Crippen LogP contribution in [0.3, 0.4) is 0 Å². The molecule has 0 aliphatic carbocycles. The quantitative estimate of drug-likeness (QED) is 0.767. The van der Waals surface area contributed by atoms with Gasteiger partial charge in [-0.25, -0.2) is 0 Å². The molecule has 2 rings (SSSR count). The van der Waals surface area contributed by atoms with Crippen molar-refractivity contribution in [3.63, 3.8) is 0 Å². The number of carbonyl (C=O) groups excluding carboxylic acids is 1. The summed E-state index contributed by atoms with van der Waals surface area (Å²) in [6.07, 6.45) is 4.44. The van der Waals surface area contributed by atoms with Gasteiger partial charge in [-0.3, -0.25) is 14.6 Å². The van der Waals surface area contributed by atoms with Crippen LogP contribution in [0.15, 0.2) is 29.2 Å². The average Bonchev–Trinajstić information content (AvgIpc) is 2.54. The molecule has 0 bridgehead atoms. The molecule has 6 nitrogen and oxygen atoms in total. The van der Waals surface area contributed by atoms with Crippen molar-refractivity contribution in [1.29, 1.82) is 0 Å². The minimum absolute atomic E-state index is 0.00607. The molecule has 1 atom stereocenters. The molecule has 0 fully saturated rings. The Bertz CT molecular complexity index is 739. The van der Waals surface area contributed by atoms with E-state index in [9.17, 15) is 9.59 Å². The lowest BCUT2D eigenvalue weighted by atomic mass is 10.1. The molecule has 6 heteroatoms. The molecule has 23 heavy (non-hydrogen) atoms. The molecule has 0 radical (unpaired) electrons. The number of anilines is 1. The van der Waals surface area contributed by atoms with Gasteiger partial charge in [0, 0.05) is 38.8 Å². The fourth-order valence-electron chi connectivity index (χ4n) is 2.65. The molecule has 0 spiro atoms. The fraction of sp³-hybridized carbons (Fsp3) is 0.471. The highest BCUT2D eigenvalue weighted by Gasteiger charge is 2.09. The molecule has 2 aromatic rings. The molecule has 2 N–H and O–H groups in total. The summed E-state index contributed by atoms with van der Waals surface area (Å²) in [6, 6.07) is 5.50. The van der Waals surface area contributed by atoms with Crippen molar-refractivity contribution in [1.82, 2.24) is 14.9 Å². The van der Waals surface area contributed by atoms with Crippen LogP contribution >= 0.6 is 0 Å². The summed E-state index contributed by atoms with van der Waals surface area (Å²) in [5.74, 6) is 0.00607. The van der Waals surface area contributed by atoms with Gasteiger partial charge in [0.1, 0.15) is 5.52 Å². The van der Waals surface area contributed by atoms with Crippen LogP contribution in [0.4, 0.5) is 5.69 Å². The summed E-state index contributed by atoms with van der Waals surface area (Å²) < 4.78 is 1.59. The van der Waals surface area contributed by atoms with Crippen molar-refractivity contribution in [3.05, 3.63) is 34.7 Å². The molecular weight excluding hydrogens is 292 g/mol. The number of nitrogens with zero attached hydrogens (tertiary/aromatic N) is 2. The standard InChI is InChI=1S/C17H24N4O2/c1-4-13(20-12(2)22)7-5-9-18-14-11-16(23)21(3)15-8-6-10-19-17(14)15/h6,8,10-11,13,18H,4-5,7,9H2,1-3H3,(H,20,22). The van der Waals surface area contributed by atoms with E-state index in [0.717, 1.165) is 42.5 Å². The van der Waals surface area contributed by atoms with Crippen LogP contribution in [0.1, 0.15) is 33.1 Å². The predicted molar refractivity (Wildman–Crippen MR) is 92.6 cm³/mol. The Morgan fingerprint density at radius 3 is 2.91 bits per heavy atom. The maximum Gasteiger partial charge on any atom is 0.252 e. The predicted octanol–water partition coefficient (Wildman–Crippen LogP) is 2.04. The van der Waals surface area contributed by atoms with Crippen molar-refractivity contribution in [2.24, 2.45) is 7.05 Å². The second-order valence-corrected chi connectivity index (χ2v) is 5.70. The molecule has 0 aliphatic rings. The molecule has 1 amide bonds. The highest BCUT2D eigenvalue weighted by Crippen LogP contribution is 2.18. The molecule has 0 saturated carbocycles. The fourth-order valence-corrected chi connectivity index (χ4v) is 2.65. The van der Waals surface area contributed by atoms with Crippen molar-refractivity contribution in [3.8, 4) is 0 Å². The van der Waals surface area contributed by atoms with Crippen molar-refractivity contribution < 1.29 is 4.79 Å². The lowest BCUT2D eigenvalue weighted by Crippen LogP contribution is -2.32. The number of nitrogens with one attached hydrogen (secondary N) is 2. The lowest BCUT2D eigenvalue weighted by Gasteiger charge is -2.16. The highest BCUT2D eigenvalue weighted by molar-refractivity contribution is 5.87. The first kappa shape index (κ1) is 17.0. The van der Waals surface area contributed by atoms with E-state index in [1.54, 1.807) is 30.8 Å². The van der Waals surface area contributed by atoms with E-state index in [-0.39, 0.29) is 17.5 Å². The Morgan fingerprint density at radius 1 is 1.43 bits per heavy atom. The van der Waals surface area contributed by atoms with Crippen molar-refractivity contribution in [2.75, 3.05) is 11.9 Å². The molecule has 1 unspecified atom stereocenters. The van der Waals surface area contributed by atoms with E-state index < -0.39 is 0 Å². The van der Waals surface area contributed by atoms with Gasteiger partial charge in [-0.1, -0.05) is 6.92 Å². The zero-order valence-corrected chi connectivity index (χ0v) is 13.9. The zero-order chi connectivity index (χ0) is 16.8. The van der Waals surface area contributed by atoms with Crippen molar-refractivity contribution >= 4 is 22.6 Å². The van der Waals surface area contributed by atoms with Crippen LogP contribution in [0.2, 0.25) is 0 Å². The molecule has 124 valence electrons. The van der Waals surface area contributed by atoms with Gasteiger partial charge in [-0.05, 0) is 31.4 Å². The Labute approximate surface area is 135 Å². The number of aryl methyl sites for hydroxylation is 1. The number of amides is 1. The van der Waals surface area contributed by atoms with E-state index >= 15 is 0 Å². The second kappa shape index (κ2) is 7.76. The first-order valence-electron chi connectivity index (χ1n) is 7.98. The van der Waals surface area contributed by atoms with Crippen LogP contribution < -0.4 is 16.2 Å². The summed E-state index contributed by atoms with van der Waals surface area (Å²) >= 11 is 0. The summed E-state index contributed by atoms with van der Waals surface area (Å²) in [5.41, 5.74) is 2.31. The number of rotatable bonds is 7. The van der Waals surface area contributed by atoms with Gasteiger partial charge in [0.2, 0.25) is 5.91 Å². The number of aromatic nitrogens is 2. The maximum absolute atomic E-state index is 12.0. The third kappa shape index (κ3) is 4.31. The molecule has 2 heterocycles. The van der Waals surface area contributed by atoms with Crippen LogP contribution in [-0.4, -0.2) is 28.0 Å². The normalized spacial score (nSPS) is 12.1. The molecule has 2 aromatic heterocycles. The van der Waals surface area contributed by atoms with Gasteiger partial charge in [0.25, 0.3) is 5.56 Å². The Hall–Kier alpha value is -2.37. The van der Waals surface area contributed by atoms with Crippen LogP contribution in [0.25, 0.3) is 11.0 Å². The molecule has 0 aliphatic heterocycles. The monoisotopic (exact) mass is 316 g/mol. The van der Waals surface area contributed by atoms with E-state index in [1.807, 2.05) is 12.1 Å². The first-order valence-corrected chi connectivity index (χ1v) is 7.98. The SMILES string of the molecule is CCC(CCCNc1cc(=O)n(C)c2cccnc12)NC(C)=O. The van der Waals surface area contributed by atoms with E-state index in [1.165, 1.54) is 0 Å². The van der Waals surface area contributed by atoms with Crippen LogP contribution in [0.5, 0.6) is 0 Å². The number of fused-ring (bicyclic) bond motifs is 1. The van der Waals surface area contributed by atoms with Crippen molar-refractivity contribution in [2.45, 2.75) is 39.2 Å². The Balaban J connectivity index is 2.01. The number of carbonyl (C=O) groups is 1. The Morgan fingerprint density at radius 2 is 2.22 bits per heavy atom. The van der Waals surface area contributed by atoms with Gasteiger partial charge in [0.05, 0.1) is 11.2 Å². The summed E-state index contributed by atoms with van der Waals surface area (Å²) in [7, 11) is 1.75. The largest absolute Gasteiger partial charge is 0.383 e. The lowest BCUT2D eigenvalue weighted by molar-refractivity contribution is -0.119. The minimum Gasteiger partial charge on any atom is -0.383 e. The van der Waals surface area contributed by atoms with Gasteiger partial charge < -0.3 is 15.2 Å². The maximum atomic E-state index is 12.0. The van der Waals surface area contributed by atoms with E-state index in [2.05, 4.69) is 22.5 Å². The third-order valence-electron chi connectivity index (χ3n) is 3.95. The summed E-state index contributed by atoms with van der Waals surface area (Å²) in [4.78, 5) is 27.5. The Kier molecular flexibility index (Phi) is 5.73. The molecular formula is C17H24N4O2. The first-order chi connectivity index (χ1) is 11.0. The summed E-state index contributed by atoms with van der Waals surface area (Å²) in [6.45, 7) is 4.33. The zero-order valence-electron chi connectivity index (χ0n) is 13.9. The minimum atomic E-state index is -0.0577. The average molecular weight is 316 g/mol. The van der Waals surface area contributed by atoms with Gasteiger partial charge in [-0.15, -0.1) is 0 Å². The summed E-state index contributed by atoms with van der Waals surface area (Å²) in [5, 5.41) is 6.24. The van der Waals surface area contributed by atoms with Crippen LogP contribution in [-0.2, 0) is 11.8 Å². The third-order valence-corrected chi connectivity index (χ3v) is 3.95. The van der Waals surface area contributed by atoms with E-state index in [0.29, 0.717) is 0 Å². The smallest absolute Gasteiger partial charge is 0.252 e. The molecule has 0 aromatic carbocycles. The number of hydrogen-bond acceptors (Lipinski definition) is 4. The van der Waals surface area contributed by atoms with E-state index in [4.69, 9.17) is 0 Å². The van der Waals surface area contributed by atoms with Gasteiger partial charge in [0.15, 0.2) is 0 Å². The number of hydrogen-bond donors (Lipinski definition) is 2. The topological polar surface area (TPSA) is 76.0 Å². The van der Waals surface area contributed by atoms with Crippen LogP contribution in [0, 0.1) is 0 Å². The van der Waals surface area contributed by atoms with Gasteiger partial charge in [-0.2, -0.15) is 0 Å². The second-order valence-electron chi connectivity index (χ2n) is 5.70. The highest BCUT2D eigenvalue weighted by atomic mass is 16.1.